The first kappa shape index (κ1) is 11.0. The standard InChI is InChI=1S/C9H15ClN2S/c1-2-11-5-6-12-7-8-3-4-9(10)13-8/h3-4,11-12H,2,5-7H2,1H3. The number of likely N-dealkylation sites (N-methyl/N-ethyl adjacent to an activating group) is 1. The van der Waals surface area contributed by atoms with Crippen LogP contribution in [0.4, 0.5) is 0 Å². The van der Waals surface area contributed by atoms with Crippen LogP contribution in [0, 0.1) is 0 Å². The van der Waals surface area contributed by atoms with Gasteiger partial charge in [0.2, 0.25) is 0 Å². The van der Waals surface area contributed by atoms with Crippen molar-refractivity contribution < 1.29 is 0 Å². The Labute approximate surface area is 88.3 Å². The smallest absolute Gasteiger partial charge is 0.0931 e. The Morgan fingerprint density at radius 3 is 2.69 bits per heavy atom. The fourth-order valence-electron chi connectivity index (χ4n) is 1.01. The number of halogens is 1. The van der Waals surface area contributed by atoms with Crippen LogP contribution in [0.25, 0.3) is 0 Å². The van der Waals surface area contributed by atoms with Crippen molar-refractivity contribution in [2.24, 2.45) is 0 Å². The summed E-state index contributed by atoms with van der Waals surface area (Å²) in [5.74, 6) is 0. The van der Waals surface area contributed by atoms with Crippen molar-refractivity contribution >= 4 is 22.9 Å². The average Bonchev–Trinajstić information content (AvgIpc) is 2.51. The van der Waals surface area contributed by atoms with Gasteiger partial charge in [-0.25, -0.2) is 0 Å². The minimum Gasteiger partial charge on any atom is -0.316 e. The zero-order valence-corrected chi connectivity index (χ0v) is 9.34. The quantitative estimate of drug-likeness (QED) is 0.715. The third-order valence-corrected chi connectivity index (χ3v) is 2.89. The zero-order chi connectivity index (χ0) is 9.52. The summed E-state index contributed by atoms with van der Waals surface area (Å²) in [5.41, 5.74) is 0. The molecule has 0 aromatic carbocycles. The van der Waals surface area contributed by atoms with Crippen molar-refractivity contribution in [3.05, 3.63) is 21.3 Å². The van der Waals surface area contributed by atoms with E-state index in [9.17, 15) is 0 Å². The fourth-order valence-corrected chi connectivity index (χ4v) is 2.07. The van der Waals surface area contributed by atoms with Crippen molar-refractivity contribution in [1.29, 1.82) is 0 Å². The SMILES string of the molecule is CCNCCNCc1ccc(Cl)s1. The van der Waals surface area contributed by atoms with Gasteiger partial charge in [0.05, 0.1) is 4.34 Å². The van der Waals surface area contributed by atoms with Gasteiger partial charge in [-0.05, 0) is 18.7 Å². The summed E-state index contributed by atoms with van der Waals surface area (Å²) in [7, 11) is 0. The van der Waals surface area contributed by atoms with Gasteiger partial charge < -0.3 is 10.6 Å². The van der Waals surface area contributed by atoms with Gasteiger partial charge in [-0.2, -0.15) is 0 Å². The molecule has 0 aliphatic carbocycles. The molecule has 1 aromatic rings. The van der Waals surface area contributed by atoms with Gasteiger partial charge in [-0.15, -0.1) is 11.3 Å². The van der Waals surface area contributed by atoms with Gasteiger partial charge in [0.1, 0.15) is 0 Å². The molecule has 0 saturated heterocycles. The summed E-state index contributed by atoms with van der Waals surface area (Å²) in [6.07, 6.45) is 0. The van der Waals surface area contributed by atoms with Gasteiger partial charge in [0, 0.05) is 24.5 Å². The lowest BCUT2D eigenvalue weighted by Crippen LogP contribution is -2.26. The highest BCUT2D eigenvalue weighted by Crippen LogP contribution is 2.20. The molecule has 0 amide bonds. The van der Waals surface area contributed by atoms with Crippen molar-refractivity contribution in [2.75, 3.05) is 19.6 Å². The third kappa shape index (κ3) is 4.62. The molecule has 0 atom stereocenters. The van der Waals surface area contributed by atoms with Crippen molar-refractivity contribution in [2.45, 2.75) is 13.5 Å². The molecule has 74 valence electrons. The molecule has 1 heterocycles. The van der Waals surface area contributed by atoms with E-state index in [0.717, 1.165) is 30.5 Å². The highest BCUT2D eigenvalue weighted by Gasteiger charge is 1.96. The van der Waals surface area contributed by atoms with Crippen molar-refractivity contribution in [1.82, 2.24) is 10.6 Å². The van der Waals surface area contributed by atoms with Crippen molar-refractivity contribution in [3.8, 4) is 0 Å². The molecule has 0 radical (unpaired) electrons. The van der Waals surface area contributed by atoms with E-state index >= 15 is 0 Å². The molecule has 1 aromatic heterocycles. The lowest BCUT2D eigenvalue weighted by atomic mass is 10.4. The van der Waals surface area contributed by atoms with Crippen LogP contribution in [-0.4, -0.2) is 19.6 Å². The Hall–Kier alpha value is -0.0900. The highest BCUT2D eigenvalue weighted by molar-refractivity contribution is 7.16. The maximum Gasteiger partial charge on any atom is 0.0931 e. The number of thiophene rings is 1. The normalized spacial score (nSPS) is 10.6. The van der Waals surface area contributed by atoms with E-state index in [-0.39, 0.29) is 0 Å². The van der Waals surface area contributed by atoms with Crippen LogP contribution in [-0.2, 0) is 6.54 Å². The summed E-state index contributed by atoms with van der Waals surface area (Å²) in [5, 5.41) is 6.59. The van der Waals surface area contributed by atoms with Crippen molar-refractivity contribution in [3.63, 3.8) is 0 Å². The maximum atomic E-state index is 5.80. The Morgan fingerprint density at radius 2 is 2.08 bits per heavy atom. The molecule has 13 heavy (non-hydrogen) atoms. The van der Waals surface area contributed by atoms with Crippen LogP contribution in [0.15, 0.2) is 12.1 Å². The van der Waals surface area contributed by atoms with E-state index in [1.807, 2.05) is 6.07 Å². The molecule has 0 bridgehead atoms. The highest BCUT2D eigenvalue weighted by atomic mass is 35.5. The molecule has 0 unspecified atom stereocenters. The van der Waals surface area contributed by atoms with E-state index < -0.39 is 0 Å². The molecule has 2 N–H and O–H groups in total. The molecule has 2 nitrogen and oxygen atoms in total. The van der Waals surface area contributed by atoms with Crippen LogP contribution < -0.4 is 10.6 Å². The lowest BCUT2D eigenvalue weighted by Gasteiger charge is -2.02. The Balaban J connectivity index is 2.06. The van der Waals surface area contributed by atoms with Gasteiger partial charge >= 0.3 is 0 Å². The van der Waals surface area contributed by atoms with E-state index in [0.29, 0.717) is 0 Å². The summed E-state index contributed by atoms with van der Waals surface area (Å²) in [6.45, 7) is 6.09. The number of hydrogen-bond donors (Lipinski definition) is 2. The van der Waals surface area contributed by atoms with Crippen LogP contribution in [0.3, 0.4) is 0 Å². The molecule has 0 fully saturated rings. The average molecular weight is 219 g/mol. The number of hydrogen-bond acceptors (Lipinski definition) is 3. The lowest BCUT2D eigenvalue weighted by molar-refractivity contribution is 0.628. The second kappa shape index (κ2) is 6.38. The number of nitrogens with one attached hydrogen (secondary N) is 2. The van der Waals surface area contributed by atoms with E-state index in [4.69, 9.17) is 11.6 Å². The second-order valence-corrected chi connectivity index (χ2v) is 4.54. The van der Waals surface area contributed by atoms with Gasteiger partial charge in [0.25, 0.3) is 0 Å². The van der Waals surface area contributed by atoms with Gasteiger partial charge in [-0.1, -0.05) is 18.5 Å². The maximum absolute atomic E-state index is 5.80. The van der Waals surface area contributed by atoms with Crippen LogP contribution >= 0.6 is 22.9 Å². The minimum atomic E-state index is 0.864. The van der Waals surface area contributed by atoms with E-state index in [1.165, 1.54) is 4.88 Å². The first-order chi connectivity index (χ1) is 6.33. The minimum absolute atomic E-state index is 0.864. The summed E-state index contributed by atoms with van der Waals surface area (Å²) >= 11 is 7.44. The Kier molecular flexibility index (Phi) is 5.39. The monoisotopic (exact) mass is 218 g/mol. The van der Waals surface area contributed by atoms with Crippen LogP contribution in [0.1, 0.15) is 11.8 Å². The summed E-state index contributed by atoms with van der Waals surface area (Å²) < 4.78 is 0.864. The molecule has 1 rings (SSSR count). The van der Waals surface area contributed by atoms with Crippen LogP contribution in [0.2, 0.25) is 4.34 Å². The molecule has 0 spiro atoms. The largest absolute Gasteiger partial charge is 0.316 e. The summed E-state index contributed by atoms with van der Waals surface area (Å²) in [6, 6.07) is 4.00. The fraction of sp³-hybridized carbons (Fsp3) is 0.556. The zero-order valence-electron chi connectivity index (χ0n) is 7.77. The molecule has 0 aliphatic heterocycles. The molecule has 0 saturated carbocycles. The predicted octanol–water partition coefficient (Wildman–Crippen LogP) is 2.10. The summed E-state index contributed by atoms with van der Waals surface area (Å²) in [4.78, 5) is 1.29. The first-order valence-electron chi connectivity index (χ1n) is 4.48. The molecule has 4 heteroatoms. The third-order valence-electron chi connectivity index (χ3n) is 1.66. The molecular formula is C9H15ClN2S. The molecule has 0 aliphatic rings. The predicted molar refractivity (Wildman–Crippen MR) is 59.6 cm³/mol. The second-order valence-electron chi connectivity index (χ2n) is 2.74. The number of rotatable bonds is 6. The Morgan fingerprint density at radius 1 is 1.31 bits per heavy atom. The van der Waals surface area contributed by atoms with Gasteiger partial charge in [0.15, 0.2) is 0 Å². The molecular weight excluding hydrogens is 204 g/mol. The Bertz CT molecular complexity index is 237. The van der Waals surface area contributed by atoms with Crippen LogP contribution in [0.5, 0.6) is 0 Å². The first-order valence-corrected chi connectivity index (χ1v) is 5.68. The van der Waals surface area contributed by atoms with Gasteiger partial charge in [-0.3, -0.25) is 0 Å². The topological polar surface area (TPSA) is 24.1 Å². The van der Waals surface area contributed by atoms with E-state index in [1.54, 1.807) is 11.3 Å². The van der Waals surface area contributed by atoms with E-state index in [2.05, 4.69) is 23.6 Å².